The highest BCUT2D eigenvalue weighted by atomic mass is 16.7. The Balaban J connectivity index is 1.99. The average molecular weight is 298 g/mol. The maximum atomic E-state index is 12.1. The van der Waals surface area contributed by atoms with Crippen LogP contribution in [0.5, 0.6) is 11.5 Å². The third-order valence-corrected chi connectivity index (χ3v) is 3.03. The summed E-state index contributed by atoms with van der Waals surface area (Å²) in [6.45, 7) is 0.213. The Kier molecular flexibility index (Phi) is 5.74. The van der Waals surface area contributed by atoms with E-state index in [0.29, 0.717) is 5.56 Å². The normalized spacial score (nSPS) is 10.6. The Bertz CT molecular complexity index is 627. The van der Waals surface area contributed by atoms with Crippen LogP contribution in [0.3, 0.4) is 0 Å². The van der Waals surface area contributed by atoms with Crippen LogP contribution >= 0.6 is 0 Å². The number of ether oxygens (including phenoxy) is 3. The first-order chi connectivity index (χ1) is 10.7. The van der Waals surface area contributed by atoms with Gasteiger partial charge in [0.25, 0.3) is 0 Å². The summed E-state index contributed by atoms with van der Waals surface area (Å²) in [7, 11) is 3.17. The minimum atomic E-state index is -0.0534. The minimum Gasteiger partial charge on any atom is -0.497 e. The van der Waals surface area contributed by atoms with Crippen LogP contribution in [-0.2, 0) is 4.74 Å². The quantitative estimate of drug-likeness (QED) is 0.445. The van der Waals surface area contributed by atoms with Gasteiger partial charge >= 0.3 is 0 Å². The summed E-state index contributed by atoms with van der Waals surface area (Å²) in [5, 5.41) is 0. The second-order valence-electron chi connectivity index (χ2n) is 4.55. The van der Waals surface area contributed by atoms with Gasteiger partial charge in [0.2, 0.25) is 0 Å². The monoisotopic (exact) mass is 298 g/mol. The molecule has 0 saturated heterocycles. The molecule has 2 rings (SSSR count). The number of hydrogen-bond acceptors (Lipinski definition) is 4. The Hall–Kier alpha value is -2.59. The highest BCUT2D eigenvalue weighted by Crippen LogP contribution is 2.15. The van der Waals surface area contributed by atoms with E-state index in [0.717, 1.165) is 17.1 Å². The fourth-order valence-corrected chi connectivity index (χ4v) is 1.83. The second kappa shape index (κ2) is 8.00. The first-order valence-electron chi connectivity index (χ1n) is 6.81. The molecule has 22 heavy (non-hydrogen) atoms. The largest absolute Gasteiger partial charge is 0.497 e. The Labute approximate surface area is 129 Å². The molecule has 0 N–H and O–H groups in total. The Morgan fingerprint density at radius 3 is 2.18 bits per heavy atom. The summed E-state index contributed by atoms with van der Waals surface area (Å²) in [5.74, 6) is 1.40. The van der Waals surface area contributed by atoms with Gasteiger partial charge in [-0.3, -0.25) is 4.79 Å². The highest BCUT2D eigenvalue weighted by Gasteiger charge is 2.01. The molecule has 0 spiro atoms. The molecule has 114 valence electrons. The zero-order valence-electron chi connectivity index (χ0n) is 12.6. The molecule has 0 radical (unpaired) electrons. The van der Waals surface area contributed by atoms with Crippen molar-refractivity contribution in [1.29, 1.82) is 0 Å². The van der Waals surface area contributed by atoms with Gasteiger partial charge in [-0.25, -0.2) is 0 Å². The summed E-state index contributed by atoms with van der Waals surface area (Å²) < 4.78 is 15.2. The van der Waals surface area contributed by atoms with Crippen molar-refractivity contribution in [3.05, 3.63) is 65.7 Å². The molecule has 0 heterocycles. The molecule has 0 saturated carbocycles. The van der Waals surface area contributed by atoms with E-state index in [1.165, 1.54) is 0 Å². The molecule has 0 bridgehead atoms. The molecule has 0 aromatic heterocycles. The van der Waals surface area contributed by atoms with Gasteiger partial charge in [-0.2, -0.15) is 0 Å². The molecule has 4 nitrogen and oxygen atoms in total. The van der Waals surface area contributed by atoms with Crippen LogP contribution in [0.15, 0.2) is 54.6 Å². The van der Waals surface area contributed by atoms with Gasteiger partial charge in [-0.15, -0.1) is 0 Å². The summed E-state index contributed by atoms with van der Waals surface area (Å²) in [5.41, 5.74) is 1.55. The van der Waals surface area contributed by atoms with E-state index in [2.05, 4.69) is 0 Å². The number of allylic oxidation sites excluding steroid dienone is 1. The van der Waals surface area contributed by atoms with Gasteiger partial charge < -0.3 is 14.2 Å². The number of benzene rings is 2. The number of carbonyl (C=O) groups is 1. The van der Waals surface area contributed by atoms with E-state index in [-0.39, 0.29) is 12.6 Å². The van der Waals surface area contributed by atoms with E-state index in [9.17, 15) is 4.79 Å². The molecular weight excluding hydrogens is 280 g/mol. The molecule has 0 fully saturated rings. The van der Waals surface area contributed by atoms with Crippen molar-refractivity contribution in [2.45, 2.75) is 0 Å². The lowest BCUT2D eigenvalue weighted by Crippen LogP contribution is -1.98. The number of hydrogen-bond donors (Lipinski definition) is 0. The van der Waals surface area contributed by atoms with E-state index >= 15 is 0 Å². The first-order valence-corrected chi connectivity index (χ1v) is 6.81. The van der Waals surface area contributed by atoms with Crippen molar-refractivity contribution < 1.29 is 19.0 Å². The zero-order valence-corrected chi connectivity index (χ0v) is 12.6. The van der Waals surface area contributed by atoms with E-state index in [1.54, 1.807) is 50.6 Å². The van der Waals surface area contributed by atoms with Crippen LogP contribution < -0.4 is 9.47 Å². The summed E-state index contributed by atoms with van der Waals surface area (Å²) in [6, 6.07) is 14.4. The molecule has 0 aliphatic rings. The number of ketones is 1. The second-order valence-corrected chi connectivity index (χ2v) is 4.55. The summed E-state index contributed by atoms with van der Waals surface area (Å²) in [4.78, 5) is 12.1. The summed E-state index contributed by atoms with van der Waals surface area (Å²) in [6.07, 6.45) is 3.32. The van der Waals surface area contributed by atoms with Crippen LogP contribution in [0.25, 0.3) is 6.08 Å². The highest BCUT2D eigenvalue weighted by molar-refractivity contribution is 6.06. The molecule has 0 amide bonds. The molecule has 2 aromatic carbocycles. The number of carbonyl (C=O) groups excluding carboxylic acids is 1. The predicted octanol–water partition coefficient (Wildman–Crippen LogP) is 3.57. The van der Waals surface area contributed by atoms with Gasteiger partial charge in [0.1, 0.15) is 11.5 Å². The fraction of sp³-hybridized carbons (Fsp3) is 0.167. The molecular formula is C18H18O4. The maximum Gasteiger partial charge on any atom is 0.188 e. The first kappa shape index (κ1) is 15.8. The van der Waals surface area contributed by atoms with Gasteiger partial charge in [0, 0.05) is 12.7 Å². The molecule has 0 aliphatic heterocycles. The third-order valence-electron chi connectivity index (χ3n) is 3.03. The number of rotatable bonds is 7. The SMILES string of the molecule is COCOc1ccc(/C=C/C(=O)c2ccc(OC)cc2)cc1. The lowest BCUT2D eigenvalue weighted by Gasteiger charge is -2.04. The van der Waals surface area contributed by atoms with Crippen molar-refractivity contribution in [1.82, 2.24) is 0 Å². The topological polar surface area (TPSA) is 44.8 Å². The lowest BCUT2D eigenvalue weighted by atomic mass is 10.1. The Morgan fingerprint density at radius 2 is 1.59 bits per heavy atom. The van der Waals surface area contributed by atoms with Gasteiger partial charge in [-0.05, 0) is 48.0 Å². The van der Waals surface area contributed by atoms with E-state index in [1.807, 2.05) is 24.3 Å². The fourth-order valence-electron chi connectivity index (χ4n) is 1.83. The predicted molar refractivity (Wildman–Crippen MR) is 85.3 cm³/mol. The van der Waals surface area contributed by atoms with Crippen molar-refractivity contribution >= 4 is 11.9 Å². The van der Waals surface area contributed by atoms with Crippen molar-refractivity contribution in [3.8, 4) is 11.5 Å². The third kappa shape index (κ3) is 4.46. The van der Waals surface area contributed by atoms with Gasteiger partial charge in [0.15, 0.2) is 12.6 Å². The molecule has 0 atom stereocenters. The summed E-state index contributed by atoms with van der Waals surface area (Å²) >= 11 is 0. The van der Waals surface area contributed by atoms with Crippen LogP contribution in [0.1, 0.15) is 15.9 Å². The zero-order chi connectivity index (χ0) is 15.8. The van der Waals surface area contributed by atoms with Crippen LogP contribution in [0.4, 0.5) is 0 Å². The van der Waals surface area contributed by atoms with Gasteiger partial charge in [0.05, 0.1) is 7.11 Å². The molecule has 2 aromatic rings. The number of methoxy groups -OCH3 is 2. The minimum absolute atomic E-state index is 0.0534. The van der Waals surface area contributed by atoms with Crippen molar-refractivity contribution in [2.24, 2.45) is 0 Å². The molecule has 0 aliphatic carbocycles. The molecule has 0 unspecified atom stereocenters. The maximum absolute atomic E-state index is 12.1. The van der Waals surface area contributed by atoms with E-state index in [4.69, 9.17) is 14.2 Å². The van der Waals surface area contributed by atoms with E-state index < -0.39 is 0 Å². The van der Waals surface area contributed by atoms with Crippen molar-refractivity contribution in [3.63, 3.8) is 0 Å². The smallest absolute Gasteiger partial charge is 0.188 e. The average Bonchev–Trinajstić information content (AvgIpc) is 2.58. The van der Waals surface area contributed by atoms with Crippen molar-refractivity contribution in [2.75, 3.05) is 21.0 Å². The Morgan fingerprint density at radius 1 is 0.955 bits per heavy atom. The van der Waals surface area contributed by atoms with Crippen LogP contribution in [0, 0.1) is 0 Å². The standard InChI is InChI=1S/C18H18O4/c1-20-13-22-17-8-3-14(4-9-17)5-12-18(19)15-6-10-16(21-2)11-7-15/h3-12H,13H2,1-2H3/b12-5+. The van der Waals surface area contributed by atoms with Crippen LogP contribution in [0.2, 0.25) is 0 Å². The van der Waals surface area contributed by atoms with Gasteiger partial charge in [-0.1, -0.05) is 18.2 Å². The van der Waals surface area contributed by atoms with Crippen LogP contribution in [-0.4, -0.2) is 26.8 Å². The molecule has 4 heteroatoms. The lowest BCUT2D eigenvalue weighted by molar-refractivity contribution is 0.0511.